The van der Waals surface area contributed by atoms with Gasteiger partial charge in [-0.1, -0.05) is 55.8 Å². The van der Waals surface area contributed by atoms with Crippen molar-refractivity contribution in [3.05, 3.63) is 95.2 Å². The number of nitrogens with zero attached hydrogens (tertiary/aromatic N) is 1. The maximum Gasteiger partial charge on any atom is 0.307 e. The van der Waals surface area contributed by atoms with Crippen molar-refractivity contribution in [2.24, 2.45) is 0 Å². The van der Waals surface area contributed by atoms with Crippen LogP contribution in [0.1, 0.15) is 54.9 Å². The molecule has 5 nitrogen and oxygen atoms in total. The van der Waals surface area contributed by atoms with Crippen molar-refractivity contribution in [1.82, 2.24) is 4.57 Å². The quantitative estimate of drug-likeness (QED) is 0.168. The third-order valence-electron chi connectivity index (χ3n) is 6.93. The minimum Gasteiger partial charge on any atom is -0.494 e. The number of hydrogen-bond donors (Lipinski definition) is 1. The summed E-state index contributed by atoms with van der Waals surface area (Å²) >= 11 is 0. The van der Waals surface area contributed by atoms with E-state index in [1.54, 1.807) is 0 Å². The van der Waals surface area contributed by atoms with E-state index < -0.39 is 5.97 Å². The molecule has 0 saturated heterocycles. The van der Waals surface area contributed by atoms with Crippen LogP contribution in [-0.4, -0.2) is 28.9 Å². The van der Waals surface area contributed by atoms with Gasteiger partial charge in [0.1, 0.15) is 11.5 Å². The fourth-order valence-corrected chi connectivity index (χ4v) is 4.86. The van der Waals surface area contributed by atoms with Crippen molar-refractivity contribution in [3.63, 3.8) is 0 Å². The summed E-state index contributed by atoms with van der Waals surface area (Å²) in [6, 6.07) is 22.8. The van der Waals surface area contributed by atoms with Crippen LogP contribution in [-0.2, 0) is 30.6 Å². The second-order valence-electron chi connectivity index (χ2n) is 9.90. The van der Waals surface area contributed by atoms with Crippen molar-refractivity contribution in [1.29, 1.82) is 0 Å². The Hall–Kier alpha value is -3.73. The van der Waals surface area contributed by atoms with Gasteiger partial charge in [0.25, 0.3) is 0 Å². The van der Waals surface area contributed by atoms with Crippen molar-refractivity contribution in [2.75, 3.05) is 13.2 Å². The highest BCUT2D eigenvalue weighted by Gasteiger charge is 2.15. The zero-order valence-corrected chi connectivity index (χ0v) is 22.6. The number of unbranched alkanes of at least 4 members (excludes halogenated alkanes) is 2. The molecular weight excluding hydrogens is 474 g/mol. The van der Waals surface area contributed by atoms with Gasteiger partial charge >= 0.3 is 5.97 Å². The van der Waals surface area contributed by atoms with Gasteiger partial charge in [-0.3, -0.25) is 4.79 Å². The molecule has 0 atom stereocenters. The first-order valence-corrected chi connectivity index (χ1v) is 13.8. The van der Waals surface area contributed by atoms with E-state index in [1.807, 2.05) is 36.5 Å². The van der Waals surface area contributed by atoms with E-state index in [-0.39, 0.29) is 6.42 Å². The molecule has 38 heavy (non-hydrogen) atoms. The second-order valence-corrected chi connectivity index (χ2v) is 9.90. The minimum atomic E-state index is -0.788. The van der Waals surface area contributed by atoms with Gasteiger partial charge in [0.15, 0.2) is 0 Å². The topological polar surface area (TPSA) is 60.7 Å². The van der Waals surface area contributed by atoms with Crippen LogP contribution in [0, 0.1) is 6.92 Å². The molecule has 0 aliphatic heterocycles. The summed E-state index contributed by atoms with van der Waals surface area (Å²) in [7, 11) is 0. The first-order chi connectivity index (χ1) is 18.5. The second kappa shape index (κ2) is 13.7. The average Bonchev–Trinajstić information content (AvgIpc) is 3.27. The Labute approximate surface area is 226 Å². The molecule has 4 aromatic rings. The first-order valence-electron chi connectivity index (χ1n) is 13.8. The predicted molar refractivity (Wildman–Crippen MR) is 153 cm³/mol. The number of hydrogen-bond acceptors (Lipinski definition) is 3. The molecule has 0 spiro atoms. The molecule has 0 radical (unpaired) electrons. The molecule has 0 unspecified atom stereocenters. The monoisotopic (exact) mass is 513 g/mol. The van der Waals surface area contributed by atoms with Gasteiger partial charge in [0.2, 0.25) is 0 Å². The van der Waals surface area contributed by atoms with E-state index in [0.717, 1.165) is 78.6 Å². The Balaban J connectivity index is 1.29. The molecule has 200 valence electrons. The van der Waals surface area contributed by atoms with Gasteiger partial charge in [-0.05, 0) is 85.5 Å². The number of aromatic nitrogens is 1. The fourth-order valence-electron chi connectivity index (χ4n) is 4.86. The summed E-state index contributed by atoms with van der Waals surface area (Å²) in [4.78, 5) is 11.5. The first kappa shape index (κ1) is 27.3. The fraction of sp³-hybridized carbons (Fsp3) is 0.364. The molecule has 0 aliphatic carbocycles. The van der Waals surface area contributed by atoms with E-state index in [9.17, 15) is 9.90 Å². The Morgan fingerprint density at radius 1 is 0.842 bits per heavy atom. The standard InChI is InChI=1S/C33H39NO4/c1-3-4-20-34-24-28(23-32(35)36)33-27(11-9-12-30(33)34)17-14-26-15-18-29(19-16-26)37-21-7-8-22-38-31-13-6-5-10-25(31)2/h5-6,9-13,15-16,18-19,24H,3-4,7-8,14,17,20-23H2,1-2H3,(H,35,36). The van der Waals surface area contributed by atoms with Crippen LogP contribution in [0.4, 0.5) is 0 Å². The van der Waals surface area contributed by atoms with Gasteiger partial charge in [0, 0.05) is 23.6 Å². The lowest BCUT2D eigenvalue weighted by Gasteiger charge is -2.10. The van der Waals surface area contributed by atoms with Gasteiger partial charge in [-0.2, -0.15) is 0 Å². The van der Waals surface area contributed by atoms with Gasteiger partial charge < -0.3 is 19.1 Å². The number of carbonyl (C=O) groups is 1. The Bertz CT molecular complexity index is 1320. The zero-order valence-electron chi connectivity index (χ0n) is 22.6. The van der Waals surface area contributed by atoms with E-state index in [1.165, 1.54) is 11.1 Å². The molecule has 0 fully saturated rings. The van der Waals surface area contributed by atoms with Crippen molar-refractivity contribution < 1.29 is 19.4 Å². The van der Waals surface area contributed by atoms with E-state index in [0.29, 0.717) is 13.2 Å². The molecule has 3 aromatic carbocycles. The number of carboxylic acids is 1. The third-order valence-corrected chi connectivity index (χ3v) is 6.93. The van der Waals surface area contributed by atoms with Crippen LogP contribution < -0.4 is 9.47 Å². The molecule has 4 rings (SSSR count). The number of carboxylic acid groups (broad SMARTS) is 1. The van der Waals surface area contributed by atoms with Crippen LogP contribution in [0.3, 0.4) is 0 Å². The molecule has 5 heteroatoms. The number of aryl methyl sites for hydroxylation is 4. The molecule has 1 N–H and O–H groups in total. The van der Waals surface area contributed by atoms with E-state index in [4.69, 9.17) is 9.47 Å². The van der Waals surface area contributed by atoms with Gasteiger partial charge in [0.05, 0.1) is 19.6 Å². The van der Waals surface area contributed by atoms with Gasteiger partial charge in [-0.15, -0.1) is 0 Å². The van der Waals surface area contributed by atoms with Crippen molar-refractivity contribution in [3.8, 4) is 11.5 Å². The number of ether oxygens (including phenoxy) is 2. The molecule has 0 aliphatic rings. The molecule has 1 heterocycles. The highest BCUT2D eigenvalue weighted by atomic mass is 16.5. The molecule has 0 saturated carbocycles. The number of rotatable bonds is 15. The molecule has 1 aromatic heterocycles. The molecular formula is C33H39NO4. The Kier molecular flexibility index (Phi) is 9.85. The summed E-state index contributed by atoms with van der Waals surface area (Å²) in [5.74, 6) is 1.04. The smallest absolute Gasteiger partial charge is 0.307 e. The predicted octanol–water partition coefficient (Wildman–Crippen LogP) is 7.40. The maximum atomic E-state index is 11.5. The van der Waals surface area contributed by atoms with E-state index in [2.05, 4.69) is 54.8 Å². The number of fused-ring (bicyclic) bond motifs is 1. The number of para-hydroxylation sites is 1. The summed E-state index contributed by atoms with van der Waals surface area (Å²) in [6.45, 7) is 6.51. The largest absolute Gasteiger partial charge is 0.494 e. The lowest BCUT2D eigenvalue weighted by Crippen LogP contribution is -2.03. The Morgan fingerprint density at radius 3 is 2.34 bits per heavy atom. The molecule has 0 amide bonds. The minimum absolute atomic E-state index is 0.0523. The highest BCUT2D eigenvalue weighted by molar-refractivity contribution is 5.90. The number of aliphatic carboxylic acids is 1. The summed E-state index contributed by atoms with van der Waals surface area (Å²) in [6.07, 6.45) is 7.92. The third kappa shape index (κ3) is 7.41. The lowest BCUT2D eigenvalue weighted by molar-refractivity contribution is -0.136. The average molecular weight is 514 g/mol. The summed E-state index contributed by atoms with van der Waals surface area (Å²) in [5, 5.41) is 10.6. The molecule has 0 bridgehead atoms. The van der Waals surface area contributed by atoms with Crippen molar-refractivity contribution in [2.45, 2.75) is 65.3 Å². The van der Waals surface area contributed by atoms with Crippen LogP contribution in [0.25, 0.3) is 10.9 Å². The van der Waals surface area contributed by atoms with Crippen molar-refractivity contribution >= 4 is 16.9 Å². The van der Waals surface area contributed by atoms with E-state index >= 15 is 0 Å². The SMILES string of the molecule is CCCCn1cc(CC(=O)O)c2c(CCc3ccc(OCCCCOc4ccccc4C)cc3)cccc21. The zero-order chi connectivity index (χ0) is 26.7. The van der Waals surface area contributed by atoms with Gasteiger partial charge in [-0.25, -0.2) is 0 Å². The lowest BCUT2D eigenvalue weighted by atomic mass is 9.98. The maximum absolute atomic E-state index is 11.5. The highest BCUT2D eigenvalue weighted by Crippen LogP contribution is 2.28. The van der Waals surface area contributed by atoms with Crippen LogP contribution in [0.2, 0.25) is 0 Å². The van der Waals surface area contributed by atoms with Crippen LogP contribution >= 0.6 is 0 Å². The summed E-state index contributed by atoms with van der Waals surface area (Å²) in [5.41, 5.74) is 5.66. The number of benzene rings is 3. The summed E-state index contributed by atoms with van der Waals surface area (Å²) < 4.78 is 14.0. The Morgan fingerprint density at radius 2 is 1.61 bits per heavy atom. The van der Waals surface area contributed by atoms with Crippen LogP contribution in [0.5, 0.6) is 11.5 Å². The van der Waals surface area contributed by atoms with Crippen LogP contribution in [0.15, 0.2) is 72.9 Å². The normalized spacial score (nSPS) is 11.1.